The Morgan fingerprint density at radius 3 is 2.68 bits per heavy atom. The molecule has 0 radical (unpaired) electrons. The van der Waals surface area contributed by atoms with Gasteiger partial charge in [0.25, 0.3) is 5.91 Å². The molecule has 1 saturated heterocycles. The minimum absolute atomic E-state index is 0.142. The van der Waals surface area contributed by atoms with E-state index in [0.717, 1.165) is 19.3 Å². The van der Waals surface area contributed by atoms with Crippen molar-refractivity contribution < 1.29 is 19.1 Å². The van der Waals surface area contributed by atoms with Crippen molar-refractivity contribution in [1.82, 2.24) is 10.2 Å². The largest absolute Gasteiger partial charge is 0.466 e. The Bertz CT molecular complexity index is 618. The molecule has 136 valence electrons. The average molecular weight is 367 g/mol. The van der Waals surface area contributed by atoms with Crippen LogP contribution in [-0.2, 0) is 14.3 Å². The quantitative estimate of drug-likeness (QED) is 0.594. The third kappa shape index (κ3) is 5.46. The van der Waals surface area contributed by atoms with Gasteiger partial charge in [0.15, 0.2) is 0 Å². The lowest BCUT2D eigenvalue weighted by Crippen LogP contribution is -2.57. The first-order valence-corrected chi connectivity index (χ1v) is 8.90. The van der Waals surface area contributed by atoms with Crippen molar-refractivity contribution in [3.05, 3.63) is 34.9 Å². The number of benzene rings is 1. The number of amides is 2. The van der Waals surface area contributed by atoms with Crippen molar-refractivity contribution in [2.75, 3.05) is 19.7 Å². The Morgan fingerprint density at radius 2 is 2.00 bits per heavy atom. The van der Waals surface area contributed by atoms with Crippen LogP contribution in [0.3, 0.4) is 0 Å². The maximum absolute atomic E-state index is 12.7. The van der Waals surface area contributed by atoms with Gasteiger partial charge in [-0.3, -0.25) is 14.4 Å². The van der Waals surface area contributed by atoms with Gasteiger partial charge in [-0.05, 0) is 30.7 Å². The molecule has 1 atom stereocenters. The van der Waals surface area contributed by atoms with Crippen molar-refractivity contribution in [2.24, 2.45) is 0 Å². The fourth-order valence-corrected chi connectivity index (χ4v) is 2.80. The predicted molar refractivity (Wildman–Crippen MR) is 94.4 cm³/mol. The number of rotatable bonds is 7. The zero-order chi connectivity index (χ0) is 18.2. The summed E-state index contributed by atoms with van der Waals surface area (Å²) in [5.74, 6) is -1.10. The third-order valence-corrected chi connectivity index (χ3v) is 4.31. The highest BCUT2D eigenvalue weighted by Gasteiger charge is 2.35. The molecule has 7 heteroatoms. The van der Waals surface area contributed by atoms with Crippen LogP contribution in [0.4, 0.5) is 0 Å². The number of hydrogen-bond acceptors (Lipinski definition) is 4. The van der Waals surface area contributed by atoms with Gasteiger partial charge in [0.2, 0.25) is 5.91 Å². The summed E-state index contributed by atoms with van der Waals surface area (Å²) in [5, 5.41) is 3.23. The van der Waals surface area contributed by atoms with E-state index < -0.39 is 12.0 Å². The van der Waals surface area contributed by atoms with Gasteiger partial charge in [0.05, 0.1) is 13.0 Å². The molecule has 0 spiro atoms. The minimum atomic E-state index is -0.851. The topological polar surface area (TPSA) is 75.7 Å². The zero-order valence-electron chi connectivity index (χ0n) is 14.3. The highest BCUT2D eigenvalue weighted by Crippen LogP contribution is 2.17. The highest BCUT2D eigenvalue weighted by atomic mass is 35.5. The van der Waals surface area contributed by atoms with Gasteiger partial charge in [-0.1, -0.05) is 31.4 Å². The Balaban J connectivity index is 2.02. The summed E-state index contributed by atoms with van der Waals surface area (Å²) in [7, 11) is 0. The van der Waals surface area contributed by atoms with E-state index in [2.05, 4.69) is 12.2 Å². The molecule has 2 amide bonds. The van der Waals surface area contributed by atoms with Gasteiger partial charge < -0.3 is 15.0 Å². The van der Waals surface area contributed by atoms with Crippen molar-refractivity contribution in [2.45, 2.75) is 38.6 Å². The van der Waals surface area contributed by atoms with Gasteiger partial charge in [0.1, 0.15) is 6.04 Å². The van der Waals surface area contributed by atoms with Crippen LogP contribution >= 0.6 is 11.6 Å². The van der Waals surface area contributed by atoms with Crippen molar-refractivity contribution in [3.8, 4) is 0 Å². The second-order valence-electron chi connectivity index (χ2n) is 5.94. The SMILES string of the molecule is CCCCCOC(=O)CC1C(=O)NCCN1C(=O)c1ccc(Cl)cc1. The molecular formula is C18H23ClN2O4. The van der Waals surface area contributed by atoms with Crippen LogP contribution in [0.25, 0.3) is 0 Å². The Morgan fingerprint density at radius 1 is 1.28 bits per heavy atom. The predicted octanol–water partition coefficient (Wildman–Crippen LogP) is 2.40. The summed E-state index contributed by atoms with van der Waals surface area (Å²) in [5.41, 5.74) is 0.431. The molecule has 1 unspecified atom stereocenters. The van der Waals surface area contributed by atoms with Gasteiger partial charge in [0, 0.05) is 23.7 Å². The van der Waals surface area contributed by atoms with E-state index in [4.69, 9.17) is 16.3 Å². The average Bonchev–Trinajstić information content (AvgIpc) is 2.60. The number of piperazine rings is 1. The molecule has 0 aliphatic carbocycles. The molecule has 25 heavy (non-hydrogen) atoms. The number of hydrogen-bond donors (Lipinski definition) is 1. The summed E-state index contributed by atoms with van der Waals surface area (Å²) in [6, 6.07) is 5.61. The van der Waals surface area contributed by atoms with Gasteiger partial charge in [-0.25, -0.2) is 0 Å². The Hall–Kier alpha value is -2.08. The van der Waals surface area contributed by atoms with Crippen LogP contribution in [-0.4, -0.2) is 48.4 Å². The molecule has 0 saturated carbocycles. The van der Waals surface area contributed by atoms with E-state index in [1.165, 1.54) is 4.90 Å². The number of nitrogens with one attached hydrogen (secondary N) is 1. The smallest absolute Gasteiger partial charge is 0.308 e. The summed E-state index contributed by atoms with van der Waals surface area (Å²) >= 11 is 5.84. The van der Waals surface area contributed by atoms with Crippen LogP contribution in [0.1, 0.15) is 43.0 Å². The number of ether oxygens (including phenoxy) is 1. The fourth-order valence-electron chi connectivity index (χ4n) is 2.67. The first-order chi connectivity index (χ1) is 12.0. The molecule has 1 N–H and O–H groups in total. The number of halogens is 1. The molecule has 6 nitrogen and oxygen atoms in total. The fraction of sp³-hybridized carbons (Fsp3) is 0.500. The molecule has 1 aliphatic rings. The number of carbonyl (C=O) groups is 3. The van der Waals surface area contributed by atoms with E-state index in [-0.39, 0.29) is 18.2 Å². The third-order valence-electron chi connectivity index (χ3n) is 4.05. The standard InChI is InChI=1S/C18H23ClN2O4/c1-2-3-4-11-25-16(22)12-15-17(23)20-9-10-21(15)18(24)13-5-7-14(19)8-6-13/h5-8,15H,2-4,9-12H2,1H3,(H,20,23). The normalized spacial score (nSPS) is 17.1. The maximum atomic E-state index is 12.7. The van der Waals surface area contributed by atoms with E-state index in [9.17, 15) is 14.4 Å². The van der Waals surface area contributed by atoms with E-state index in [1.54, 1.807) is 24.3 Å². The van der Waals surface area contributed by atoms with Crippen LogP contribution in [0.15, 0.2) is 24.3 Å². The molecule has 1 aromatic rings. The number of nitrogens with zero attached hydrogens (tertiary/aromatic N) is 1. The summed E-state index contributed by atoms with van der Waals surface area (Å²) < 4.78 is 5.17. The van der Waals surface area contributed by atoms with Crippen molar-refractivity contribution >= 4 is 29.4 Å². The Kier molecular flexibility index (Phi) is 7.25. The van der Waals surface area contributed by atoms with E-state index in [0.29, 0.717) is 30.3 Å². The van der Waals surface area contributed by atoms with Gasteiger partial charge in [-0.15, -0.1) is 0 Å². The molecule has 1 aromatic carbocycles. The molecule has 2 rings (SSSR count). The van der Waals surface area contributed by atoms with Crippen LogP contribution in [0, 0.1) is 0 Å². The van der Waals surface area contributed by atoms with Crippen LogP contribution in [0.2, 0.25) is 5.02 Å². The maximum Gasteiger partial charge on any atom is 0.308 e. The summed E-state index contributed by atoms with van der Waals surface area (Å²) in [6.07, 6.45) is 2.67. The monoisotopic (exact) mass is 366 g/mol. The molecule has 0 bridgehead atoms. The van der Waals surface area contributed by atoms with Gasteiger partial charge >= 0.3 is 5.97 Å². The molecule has 1 heterocycles. The summed E-state index contributed by atoms with van der Waals surface area (Å²) in [4.78, 5) is 38.3. The number of unbranched alkanes of at least 4 members (excludes halogenated alkanes) is 2. The first kappa shape index (κ1) is 19.2. The minimum Gasteiger partial charge on any atom is -0.466 e. The second-order valence-corrected chi connectivity index (χ2v) is 6.38. The summed E-state index contributed by atoms with van der Waals surface area (Å²) in [6.45, 7) is 3.11. The molecule has 1 aliphatic heterocycles. The van der Waals surface area contributed by atoms with E-state index in [1.807, 2.05) is 0 Å². The first-order valence-electron chi connectivity index (χ1n) is 8.52. The highest BCUT2D eigenvalue weighted by molar-refractivity contribution is 6.30. The van der Waals surface area contributed by atoms with Gasteiger partial charge in [-0.2, -0.15) is 0 Å². The lowest BCUT2D eigenvalue weighted by Gasteiger charge is -2.34. The van der Waals surface area contributed by atoms with E-state index >= 15 is 0 Å². The lowest BCUT2D eigenvalue weighted by molar-refractivity contribution is -0.147. The number of carbonyl (C=O) groups excluding carboxylic acids is 3. The van der Waals surface area contributed by atoms with Crippen LogP contribution in [0.5, 0.6) is 0 Å². The molecule has 1 fully saturated rings. The zero-order valence-corrected chi connectivity index (χ0v) is 15.1. The second kappa shape index (κ2) is 9.42. The lowest BCUT2D eigenvalue weighted by atomic mass is 10.1. The molecule has 0 aromatic heterocycles. The van der Waals surface area contributed by atoms with Crippen molar-refractivity contribution in [1.29, 1.82) is 0 Å². The molecular weight excluding hydrogens is 344 g/mol. The van der Waals surface area contributed by atoms with Crippen LogP contribution < -0.4 is 5.32 Å². The van der Waals surface area contributed by atoms with Crippen molar-refractivity contribution in [3.63, 3.8) is 0 Å². The Labute approximate surface area is 152 Å². The number of esters is 1.